The minimum absolute atomic E-state index is 0.113. The Kier molecular flexibility index (Phi) is 2.47. The smallest absolute Gasteiger partial charge is 0.311 e. The van der Waals surface area contributed by atoms with Gasteiger partial charge in [0.15, 0.2) is 0 Å². The van der Waals surface area contributed by atoms with Gasteiger partial charge in [0.2, 0.25) is 0 Å². The molecular weight excluding hydrogens is 140 g/mol. The Bertz CT molecular complexity index is 214. The Morgan fingerprint density at radius 3 is 2.91 bits per heavy atom. The lowest BCUT2D eigenvalue weighted by atomic mass is 10.2. The second-order valence-corrected chi connectivity index (χ2v) is 2.81. The molecule has 0 spiro atoms. The number of cyclic esters (lactones) is 1. The predicted molar refractivity (Wildman–Crippen MR) is 42.8 cm³/mol. The monoisotopic (exact) mass is 152 g/mol. The average Bonchev–Trinajstić information content (AvgIpc) is 2.31. The second-order valence-electron chi connectivity index (χ2n) is 2.81. The summed E-state index contributed by atoms with van der Waals surface area (Å²) in [5.41, 5.74) is 1.08. The summed E-state index contributed by atoms with van der Waals surface area (Å²) in [5.74, 6) is 0.691. The Labute approximate surface area is 66.5 Å². The number of allylic oxidation sites excluding steroid dienone is 3. The minimum atomic E-state index is -0.113. The molecule has 60 valence electrons. The zero-order valence-corrected chi connectivity index (χ0v) is 6.72. The van der Waals surface area contributed by atoms with Gasteiger partial charge < -0.3 is 4.74 Å². The van der Waals surface area contributed by atoms with E-state index in [0.29, 0.717) is 6.42 Å². The van der Waals surface area contributed by atoms with E-state index in [-0.39, 0.29) is 5.97 Å². The van der Waals surface area contributed by atoms with Crippen molar-refractivity contribution in [2.45, 2.75) is 26.2 Å². The SMILES string of the molecule is C=C(C)C/C=C1/CCC(=O)O1. The zero-order valence-electron chi connectivity index (χ0n) is 6.72. The second kappa shape index (κ2) is 3.37. The number of hydrogen-bond donors (Lipinski definition) is 0. The first-order valence-corrected chi connectivity index (χ1v) is 3.72. The van der Waals surface area contributed by atoms with E-state index in [9.17, 15) is 4.79 Å². The van der Waals surface area contributed by atoms with Crippen molar-refractivity contribution in [2.24, 2.45) is 0 Å². The fourth-order valence-corrected chi connectivity index (χ4v) is 0.905. The van der Waals surface area contributed by atoms with Gasteiger partial charge in [-0.15, -0.1) is 0 Å². The lowest BCUT2D eigenvalue weighted by molar-refractivity contribution is -0.135. The van der Waals surface area contributed by atoms with Crippen LogP contribution in [0.2, 0.25) is 0 Å². The molecule has 2 heteroatoms. The molecule has 0 aromatic heterocycles. The summed E-state index contributed by atoms with van der Waals surface area (Å²) in [6, 6.07) is 0. The van der Waals surface area contributed by atoms with Crippen LogP contribution in [0.25, 0.3) is 0 Å². The summed E-state index contributed by atoms with van der Waals surface area (Å²) in [4.78, 5) is 10.6. The van der Waals surface area contributed by atoms with Crippen molar-refractivity contribution in [3.05, 3.63) is 24.0 Å². The van der Waals surface area contributed by atoms with Crippen LogP contribution in [0, 0.1) is 0 Å². The lowest BCUT2D eigenvalue weighted by Crippen LogP contribution is -1.89. The lowest BCUT2D eigenvalue weighted by Gasteiger charge is -1.95. The van der Waals surface area contributed by atoms with Crippen LogP contribution in [-0.2, 0) is 9.53 Å². The summed E-state index contributed by atoms with van der Waals surface area (Å²) in [6.45, 7) is 5.70. The zero-order chi connectivity index (χ0) is 8.27. The first-order valence-electron chi connectivity index (χ1n) is 3.72. The van der Waals surface area contributed by atoms with Crippen molar-refractivity contribution in [1.29, 1.82) is 0 Å². The quantitative estimate of drug-likeness (QED) is 0.447. The molecule has 0 bridgehead atoms. The van der Waals surface area contributed by atoms with Gasteiger partial charge in [0.25, 0.3) is 0 Å². The third kappa shape index (κ3) is 2.58. The number of carbonyl (C=O) groups excluding carboxylic acids is 1. The summed E-state index contributed by atoms with van der Waals surface area (Å²) in [7, 11) is 0. The molecular formula is C9H12O2. The molecule has 0 radical (unpaired) electrons. The van der Waals surface area contributed by atoms with Crippen LogP contribution in [0.4, 0.5) is 0 Å². The molecule has 0 unspecified atom stereocenters. The molecule has 2 nitrogen and oxygen atoms in total. The summed E-state index contributed by atoms with van der Waals surface area (Å²) >= 11 is 0. The Hall–Kier alpha value is -1.05. The molecule has 1 rings (SSSR count). The highest BCUT2D eigenvalue weighted by Crippen LogP contribution is 2.18. The fourth-order valence-electron chi connectivity index (χ4n) is 0.905. The van der Waals surface area contributed by atoms with Crippen molar-refractivity contribution < 1.29 is 9.53 Å². The molecule has 1 saturated heterocycles. The average molecular weight is 152 g/mol. The van der Waals surface area contributed by atoms with E-state index < -0.39 is 0 Å². The van der Waals surface area contributed by atoms with Gasteiger partial charge in [-0.3, -0.25) is 4.79 Å². The fraction of sp³-hybridized carbons (Fsp3) is 0.444. The van der Waals surface area contributed by atoms with Gasteiger partial charge in [0.05, 0.1) is 6.42 Å². The van der Waals surface area contributed by atoms with E-state index in [4.69, 9.17) is 4.74 Å². The van der Waals surface area contributed by atoms with Crippen LogP contribution in [0.5, 0.6) is 0 Å². The van der Waals surface area contributed by atoms with E-state index in [1.165, 1.54) is 0 Å². The van der Waals surface area contributed by atoms with Crippen LogP contribution in [0.3, 0.4) is 0 Å². The van der Waals surface area contributed by atoms with Crippen LogP contribution >= 0.6 is 0 Å². The number of rotatable bonds is 2. The van der Waals surface area contributed by atoms with Crippen molar-refractivity contribution in [3.8, 4) is 0 Å². The Balaban J connectivity index is 2.42. The van der Waals surface area contributed by atoms with E-state index in [2.05, 4.69) is 6.58 Å². The highest BCUT2D eigenvalue weighted by Gasteiger charge is 2.15. The van der Waals surface area contributed by atoms with E-state index in [1.807, 2.05) is 13.0 Å². The van der Waals surface area contributed by atoms with Crippen LogP contribution in [0.1, 0.15) is 26.2 Å². The predicted octanol–water partition coefficient (Wildman–Crippen LogP) is 2.17. The summed E-state index contributed by atoms with van der Waals surface area (Å²) in [5, 5.41) is 0. The first-order chi connectivity index (χ1) is 5.18. The van der Waals surface area contributed by atoms with Crippen molar-refractivity contribution in [3.63, 3.8) is 0 Å². The maximum absolute atomic E-state index is 10.6. The molecule has 1 aliphatic heterocycles. The molecule has 0 aromatic rings. The molecule has 0 saturated carbocycles. The Morgan fingerprint density at radius 2 is 2.45 bits per heavy atom. The van der Waals surface area contributed by atoms with Crippen molar-refractivity contribution in [1.82, 2.24) is 0 Å². The molecule has 0 N–H and O–H groups in total. The molecule has 11 heavy (non-hydrogen) atoms. The first kappa shape index (κ1) is 8.05. The maximum Gasteiger partial charge on any atom is 0.311 e. The van der Waals surface area contributed by atoms with Gasteiger partial charge >= 0.3 is 5.97 Å². The summed E-state index contributed by atoms with van der Waals surface area (Å²) < 4.78 is 4.89. The van der Waals surface area contributed by atoms with Crippen molar-refractivity contribution in [2.75, 3.05) is 0 Å². The topological polar surface area (TPSA) is 26.3 Å². The minimum Gasteiger partial charge on any atom is -0.431 e. The van der Waals surface area contributed by atoms with Gasteiger partial charge in [-0.05, 0) is 19.4 Å². The van der Waals surface area contributed by atoms with E-state index in [1.54, 1.807) is 0 Å². The number of carbonyl (C=O) groups is 1. The molecule has 0 aromatic carbocycles. The molecule has 1 fully saturated rings. The van der Waals surface area contributed by atoms with Gasteiger partial charge in [0.1, 0.15) is 5.76 Å². The van der Waals surface area contributed by atoms with Gasteiger partial charge in [-0.1, -0.05) is 12.2 Å². The number of hydrogen-bond acceptors (Lipinski definition) is 2. The molecule has 0 aliphatic carbocycles. The number of ether oxygens (including phenoxy) is 1. The van der Waals surface area contributed by atoms with E-state index in [0.717, 1.165) is 24.2 Å². The van der Waals surface area contributed by atoms with Gasteiger partial charge in [-0.25, -0.2) is 0 Å². The van der Waals surface area contributed by atoms with Gasteiger partial charge in [0, 0.05) is 6.42 Å². The van der Waals surface area contributed by atoms with Crippen LogP contribution in [-0.4, -0.2) is 5.97 Å². The molecule has 1 aliphatic rings. The molecule has 1 heterocycles. The van der Waals surface area contributed by atoms with Gasteiger partial charge in [-0.2, -0.15) is 0 Å². The van der Waals surface area contributed by atoms with Crippen LogP contribution in [0.15, 0.2) is 24.0 Å². The Morgan fingerprint density at radius 1 is 1.73 bits per heavy atom. The highest BCUT2D eigenvalue weighted by atomic mass is 16.5. The summed E-state index contributed by atoms with van der Waals surface area (Å²) in [6.07, 6.45) is 4.02. The molecule has 0 amide bonds. The largest absolute Gasteiger partial charge is 0.431 e. The van der Waals surface area contributed by atoms with Crippen molar-refractivity contribution >= 4 is 5.97 Å². The van der Waals surface area contributed by atoms with E-state index >= 15 is 0 Å². The molecule has 0 atom stereocenters. The third-order valence-corrected chi connectivity index (χ3v) is 1.50. The standard InChI is InChI=1S/C9H12O2/c1-7(2)3-4-8-5-6-9(10)11-8/h4H,1,3,5-6H2,2H3/b8-4-. The third-order valence-electron chi connectivity index (χ3n) is 1.50. The maximum atomic E-state index is 10.6. The normalized spacial score (nSPS) is 20.5. The van der Waals surface area contributed by atoms with Crippen LogP contribution < -0.4 is 0 Å². The number of esters is 1. The highest BCUT2D eigenvalue weighted by molar-refractivity contribution is 5.73.